The zero-order chi connectivity index (χ0) is 18.2. The lowest BCUT2D eigenvalue weighted by Crippen LogP contribution is -2.07. The number of hydrogen-bond donors (Lipinski definition) is 2. The lowest BCUT2D eigenvalue weighted by atomic mass is 10.0. The fourth-order valence-electron chi connectivity index (χ4n) is 2.68. The third-order valence-electron chi connectivity index (χ3n) is 4.05. The molecule has 0 aliphatic rings. The number of hydrogen-bond acceptors (Lipinski definition) is 3. The van der Waals surface area contributed by atoms with Gasteiger partial charge in [-0.15, -0.1) is 0 Å². The summed E-state index contributed by atoms with van der Waals surface area (Å²) in [6.07, 6.45) is 2.68. The van der Waals surface area contributed by atoms with Crippen molar-refractivity contribution in [2.45, 2.75) is 32.8 Å². The minimum absolute atomic E-state index is 0.0813. The Balaban J connectivity index is 2.28. The van der Waals surface area contributed by atoms with Gasteiger partial charge in [-0.05, 0) is 61.1 Å². The van der Waals surface area contributed by atoms with E-state index >= 15 is 0 Å². The van der Waals surface area contributed by atoms with E-state index in [-0.39, 0.29) is 12.7 Å². The molecule has 4 heteroatoms. The standard InChI is InChI=1S/C21H25NO3/c1-15(13-21(22)24)18-10-11-20(19(14-18)9-6-12-23)25-16(2)17-7-4-3-5-8-17/h3-5,7-8,10-11,13-14,16,23H,6,9,12H2,1-2H3,(H2,22,24). The summed E-state index contributed by atoms with van der Waals surface area (Å²) in [4.78, 5) is 11.1. The highest BCUT2D eigenvalue weighted by atomic mass is 16.5. The number of benzene rings is 2. The van der Waals surface area contributed by atoms with Gasteiger partial charge in [0, 0.05) is 12.7 Å². The van der Waals surface area contributed by atoms with Crippen LogP contribution in [0.5, 0.6) is 5.75 Å². The molecule has 0 aromatic heterocycles. The zero-order valence-corrected chi connectivity index (χ0v) is 14.7. The number of carbonyl (C=O) groups is 1. The third-order valence-corrected chi connectivity index (χ3v) is 4.05. The fourth-order valence-corrected chi connectivity index (χ4v) is 2.68. The lowest BCUT2D eigenvalue weighted by molar-refractivity contribution is -0.113. The summed E-state index contributed by atoms with van der Waals surface area (Å²) < 4.78 is 6.15. The largest absolute Gasteiger partial charge is 0.486 e. The van der Waals surface area contributed by atoms with Crippen LogP contribution in [0.15, 0.2) is 54.6 Å². The normalized spacial score (nSPS) is 12.7. The van der Waals surface area contributed by atoms with Crippen molar-refractivity contribution in [3.05, 3.63) is 71.3 Å². The van der Waals surface area contributed by atoms with E-state index in [1.54, 1.807) is 0 Å². The van der Waals surface area contributed by atoms with Crippen LogP contribution < -0.4 is 10.5 Å². The van der Waals surface area contributed by atoms with Crippen molar-refractivity contribution >= 4 is 11.5 Å². The van der Waals surface area contributed by atoms with E-state index in [0.717, 1.165) is 28.0 Å². The smallest absolute Gasteiger partial charge is 0.241 e. The third kappa shape index (κ3) is 5.47. The van der Waals surface area contributed by atoms with Crippen molar-refractivity contribution < 1.29 is 14.6 Å². The van der Waals surface area contributed by atoms with Crippen LogP contribution in [0.4, 0.5) is 0 Å². The molecule has 132 valence electrons. The van der Waals surface area contributed by atoms with Crippen LogP contribution in [0.25, 0.3) is 5.57 Å². The van der Waals surface area contributed by atoms with Gasteiger partial charge in [0.15, 0.2) is 0 Å². The Morgan fingerprint density at radius 3 is 2.60 bits per heavy atom. The Morgan fingerprint density at radius 1 is 1.24 bits per heavy atom. The number of aryl methyl sites for hydroxylation is 1. The Labute approximate surface area is 148 Å². The molecular weight excluding hydrogens is 314 g/mol. The number of aliphatic hydroxyl groups is 1. The number of nitrogens with two attached hydrogens (primary N) is 1. The van der Waals surface area contributed by atoms with Crippen LogP contribution in [-0.2, 0) is 11.2 Å². The maximum absolute atomic E-state index is 11.1. The Morgan fingerprint density at radius 2 is 1.96 bits per heavy atom. The van der Waals surface area contributed by atoms with E-state index in [1.807, 2.05) is 62.4 Å². The molecule has 2 rings (SSSR count). The van der Waals surface area contributed by atoms with Gasteiger partial charge in [0.1, 0.15) is 11.9 Å². The molecule has 1 amide bonds. The van der Waals surface area contributed by atoms with Gasteiger partial charge >= 0.3 is 0 Å². The molecule has 4 nitrogen and oxygen atoms in total. The van der Waals surface area contributed by atoms with Gasteiger partial charge < -0.3 is 15.6 Å². The molecule has 0 saturated heterocycles. The highest BCUT2D eigenvalue weighted by Crippen LogP contribution is 2.29. The maximum Gasteiger partial charge on any atom is 0.241 e. The predicted octanol–water partition coefficient (Wildman–Crippen LogP) is 3.64. The first kappa shape index (κ1) is 18.7. The van der Waals surface area contributed by atoms with E-state index in [2.05, 4.69) is 0 Å². The van der Waals surface area contributed by atoms with Gasteiger partial charge in [0.25, 0.3) is 0 Å². The predicted molar refractivity (Wildman–Crippen MR) is 100 cm³/mol. The molecule has 1 unspecified atom stereocenters. The molecule has 0 aliphatic heterocycles. The average Bonchev–Trinajstić information content (AvgIpc) is 2.60. The monoisotopic (exact) mass is 339 g/mol. The van der Waals surface area contributed by atoms with Gasteiger partial charge in [-0.3, -0.25) is 4.79 Å². The van der Waals surface area contributed by atoms with Gasteiger partial charge in [0.05, 0.1) is 0 Å². The number of ether oxygens (including phenoxy) is 1. The minimum Gasteiger partial charge on any atom is -0.486 e. The Hall–Kier alpha value is -2.59. The summed E-state index contributed by atoms with van der Waals surface area (Å²) in [5.41, 5.74) is 9.07. The number of amides is 1. The highest BCUT2D eigenvalue weighted by molar-refractivity contribution is 5.93. The summed E-state index contributed by atoms with van der Waals surface area (Å²) in [7, 11) is 0. The zero-order valence-electron chi connectivity index (χ0n) is 14.7. The first-order valence-corrected chi connectivity index (χ1v) is 8.44. The molecule has 1 atom stereocenters. The van der Waals surface area contributed by atoms with Crippen molar-refractivity contribution in [2.24, 2.45) is 5.73 Å². The Bertz CT molecular complexity index is 738. The molecule has 2 aromatic rings. The van der Waals surface area contributed by atoms with Crippen LogP contribution in [0.1, 0.15) is 43.1 Å². The number of primary amides is 1. The maximum atomic E-state index is 11.1. The number of carbonyl (C=O) groups excluding carboxylic acids is 1. The molecule has 0 radical (unpaired) electrons. The molecule has 0 spiro atoms. The number of rotatable bonds is 8. The molecule has 3 N–H and O–H groups in total. The lowest BCUT2D eigenvalue weighted by Gasteiger charge is -2.19. The van der Waals surface area contributed by atoms with Crippen molar-refractivity contribution in [1.82, 2.24) is 0 Å². The van der Waals surface area contributed by atoms with E-state index < -0.39 is 5.91 Å². The second kappa shape index (κ2) is 9.04. The highest BCUT2D eigenvalue weighted by Gasteiger charge is 2.12. The van der Waals surface area contributed by atoms with Gasteiger partial charge in [-0.25, -0.2) is 0 Å². The van der Waals surface area contributed by atoms with Crippen LogP contribution in [0.2, 0.25) is 0 Å². The quantitative estimate of drug-likeness (QED) is 0.721. The van der Waals surface area contributed by atoms with Crippen molar-refractivity contribution in [3.8, 4) is 5.75 Å². The Kier molecular flexibility index (Phi) is 6.78. The fraction of sp³-hybridized carbons (Fsp3) is 0.286. The molecule has 0 heterocycles. The summed E-state index contributed by atoms with van der Waals surface area (Å²) in [6, 6.07) is 15.9. The first-order chi connectivity index (χ1) is 12.0. The molecule has 0 aliphatic carbocycles. The van der Waals surface area contributed by atoms with E-state index in [9.17, 15) is 4.79 Å². The van der Waals surface area contributed by atoms with E-state index in [0.29, 0.717) is 12.8 Å². The number of aliphatic hydroxyl groups excluding tert-OH is 1. The average molecular weight is 339 g/mol. The molecule has 2 aromatic carbocycles. The molecule has 0 fully saturated rings. The van der Waals surface area contributed by atoms with Crippen molar-refractivity contribution in [2.75, 3.05) is 6.61 Å². The van der Waals surface area contributed by atoms with Crippen LogP contribution in [-0.4, -0.2) is 17.6 Å². The van der Waals surface area contributed by atoms with Crippen LogP contribution in [0.3, 0.4) is 0 Å². The first-order valence-electron chi connectivity index (χ1n) is 8.44. The molecular formula is C21H25NO3. The van der Waals surface area contributed by atoms with E-state index in [4.69, 9.17) is 15.6 Å². The summed E-state index contributed by atoms with van der Waals surface area (Å²) in [5, 5.41) is 9.16. The van der Waals surface area contributed by atoms with Gasteiger partial charge in [-0.2, -0.15) is 0 Å². The van der Waals surface area contributed by atoms with Crippen molar-refractivity contribution in [1.29, 1.82) is 0 Å². The summed E-state index contributed by atoms with van der Waals surface area (Å²) in [5.74, 6) is 0.327. The molecule has 0 saturated carbocycles. The second-order valence-corrected chi connectivity index (χ2v) is 6.05. The molecule has 0 bridgehead atoms. The second-order valence-electron chi connectivity index (χ2n) is 6.05. The van der Waals surface area contributed by atoms with E-state index in [1.165, 1.54) is 6.08 Å². The van der Waals surface area contributed by atoms with Gasteiger partial charge in [0.2, 0.25) is 5.91 Å². The van der Waals surface area contributed by atoms with Crippen LogP contribution in [0, 0.1) is 0 Å². The topological polar surface area (TPSA) is 72.6 Å². The molecule has 25 heavy (non-hydrogen) atoms. The SMILES string of the molecule is CC(=CC(N)=O)c1ccc(OC(C)c2ccccc2)c(CCCO)c1. The summed E-state index contributed by atoms with van der Waals surface area (Å²) in [6.45, 7) is 3.98. The van der Waals surface area contributed by atoms with Crippen LogP contribution >= 0.6 is 0 Å². The van der Waals surface area contributed by atoms with Crippen molar-refractivity contribution in [3.63, 3.8) is 0 Å². The summed E-state index contributed by atoms with van der Waals surface area (Å²) >= 11 is 0. The number of allylic oxidation sites excluding steroid dienone is 1. The van der Waals surface area contributed by atoms with Gasteiger partial charge in [-0.1, -0.05) is 36.4 Å². The minimum atomic E-state index is -0.465.